The van der Waals surface area contributed by atoms with Crippen LogP contribution in [0.4, 0.5) is 16.0 Å². The molecular weight excluding hydrogens is 345 g/mol. The van der Waals surface area contributed by atoms with Gasteiger partial charge in [0, 0.05) is 50.8 Å². The molecule has 1 fully saturated rings. The quantitative estimate of drug-likeness (QED) is 0.759. The van der Waals surface area contributed by atoms with Crippen LogP contribution in [-0.4, -0.2) is 48.6 Å². The summed E-state index contributed by atoms with van der Waals surface area (Å²) in [6.45, 7) is 6.00. The molecule has 1 aliphatic heterocycles. The summed E-state index contributed by atoms with van der Waals surface area (Å²) in [7, 11) is 0. The maximum atomic E-state index is 13.1. The number of nitrogens with one attached hydrogen (secondary N) is 1. The van der Waals surface area contributed by atoms with Crippen LogP contribution in [0.25, 0.3) is 0 Å². The van der Waals surface area contributed by atoms with Crippen molar-refractivity contribution in [3.8, 4) is 0 Å². The van der Waals surface area contributed by atoms with Gasteiger partial charge in [0.1, 0.15) is 5.82 Å². The van der Waals surface area contributed by atoms with E-state index in [2.05, 4.69) is 32.0 Å². The van der Waals surface area contributed by atoms with E-state index >= 15 is 0 Å². The first-order valence-corrected chi connectivity index (χ1v) is 9.53. The molecule has 0 saturated carbocycles. The minimum absolute atomic E-state index is 0.126. The van der Waals surface area contributed by atoms with E-state index in [1.165, 1.54) is 12.1 Å². The van der Waals surface area contributed by atoms with Crippen LogP contribution in [0, 0.1) is 5.82 Å². The number of carbonyl (C=O) groups excluding carboxylic acids is 1. The number of rotatable bonds is 7. The van der Waals surface area contributed by atoms with Crippen LogP contribution in [0.3, 0.4) is 0 Å². The minimum atomic E-state index is -0.222. The first-order valence-electron chi connectivity index (χ1n) is 9.53. The molecular formula is C20H26FN5O. The lowest BCUT2D eigenvalue weighted by Crippen LogP contribution is -2.47. The fourth-order valence-corrected chi connectivity index (χ4v) is 3.10. The van der Waals surface area contributed by atoms with Gasteiger partial charge in [-0.25, -0.2) is 14.4 Å². The maximum absolute atomic E-state index is 13.1. The van der Waals surface area contributed by atoms with Crippen LogP contribution in [0.5, 0.6) is 0 Å². The lowest BCUT2D eigenvalue weighted by molar-refractivity contribution is 0.0952. The largest absolute Gasteiger partial charge is 0.368 e. The third-order valence-corrected chi connectivity index (χ3v) is 4.72. The monoisotopic (exact) mass is 371 g/mol. The van der Waals surface area contributed by atoms with Gasteiger partial charge in [0.2, 0.25) is 5.95 Å². The van der Waals surface area contributed by atoms with Gasteiger partial charge in [-0.1, -0.05) is 19.8 Å². The van der Waals surface area contributed by atoms with Gasteiger partial charge >= 0.3 is 0 Å². The van der Waals surface area contributed by atoms with Crippen molar-refractivity contribution in [2.24, 2.45) is 0 Å². The summed E-state index contributed by atoms with van der Waals surface area (Å²) in [5.41, 5.74) is 1.51. The summed E-state index contributed by atoms with van der Waals surface area (Å²) in [4.78, 5) is 25.1. The molecule has 0 atom stereocenters. The van der Waals surface area contributed by atoms with Gasteiger partial charge in [-0.15, -0.1) is 0 Å². The number of nitrogens with zero attached hydrogens (tertiary/aromatic N) is 4. The molecule has 0 aliphatic carbocycles. The number of amides is 1. The number of aromatic nitrogens is 2. The molecule has 27 heavy (non-hydrogen) atoms. The van der Waals surface area contributed by atoms with Crippen molar-refractivity contribution in [2.75, 3.05) is 42.5 Å². The number of anilines is 2. The Bertz CT molecular complexity index is 727. The highest BCUT2D eigenvalue weighted by Gasteiger charge is 2.19. The van der Waals surface area contributed by atoms with Crippen molar-refractivity contribution in [3.63, 3.8) is 0 Å². The van der Waals surface area contributed by atoms with Gasteiger partial charge in [-0.05, 0) is 30.7 Å². The molecule has 1 aromatic carbocycles. The van der Waals surface area contributed by atoms with Crippen molar-refractivity contribution >= 4 is 17.5 Å². The number of benzene rings is 1. The molecule has 1 N–H and O–H groups in total. The lowest BCUT2D eigenvalue weighted by Gasteiger charge is -2.36. The number of hydrogen-bond donors (Lipinski definition) is 1. The summed E-state index contributed by atoms with van der Waals surface area (Å²) in [6.07, 6.45) is 6.40. The van der Waals surface area contributed by atoms with Gasteiger partial charge in [0.05, 0.1) is 5.56 Å². The molecule has 6 nitrogen and oxygen atoms in total. The van der Waals surface area contributed by atoms with Crippen LogP contribution < -0.4 is 15.1 Å². The minimum Gasteiger partial charge on any atom is -0.368 e. The van der Waals surface area contributed by atoms with Crippen LogP contribution in [0.1, 0.15) is 36.5 Å². The Morgan fingerprint density at radius 1 is 1.04 bits per heavy atom. The summed E-state index contributed by atoms with van der Waals surface area (Å²) in [5.74, 6) is 0.287. The van der Waals surface area contributed by atoms with E-state index in [0.29, 0.717) is 18.1 Å². The molecule has 0 spiro atoms. The van der Waals surface area contributed by atoms with Crippen LogP contribution >= 0.6 is 0 Å². The predicted molar refractivity (Wildman–Crippen MR) is 105 cm³/mol. The fraction of sp³-hybridized carbons (Fsp3) is 0.450. The Labute approximate surface area is 159 Å². The first-order chi connectivity index (χ1) is 13.2. The number of halogens is 1. The summed E-state index contributed by atoms with van der Waals surface area (Å²) in [6, 6.07) is 6.57. The molecule has 2 heterocycles. The average molecular weight is 371 g/mol. The zero-order chi connectivity index (χ0) is 19.1. The number of hydrogen-bond acceptors (Lipinski definition) is 5. The standard InChI is InChI=1S/C20H26FN5O/c1-2-3-4-9-22-19(27)16-14-23-20(24-15-16)26-12-10-25(11-13-26)18-7-5-17(21)6-8-18/h5-8,14-15H,2-4,9-13H2,1H3,(H,22,27). The molecule has 7 heteroatoms. The molecule has 0 unspecified atom stereocenters. The van der Waals surface area contributed by atoms with Crippen LogP contribution in [-0.2, 0) is 0 Å². The molecule has 0 bridgehead atoms. The van der Waals surface area contributed by atoms with Crippen molar-refractivity contribution in [1.29, 1.82) is 0 Å². The van der Waals surface area contributed by atoms with E-state index in [9.17, 15) is 9.18 Å². The third kappa shape index (κ3) is 5.15. The lowest BCUT2D eigenvalue weighted by atomic mass is 10.2. The van der Waals surface area contributed by atoms with Gasteiger partial charge in [0.25, 0.3) is 5.91 Å². The molecule has 1 aromatic heterocycles. The zero-order valence-corrected chi connectivity index (χ0v) is 15.7. The second-order valence-corrected chi connectivity index (χ2v) is 6.69. The first kappa shape index (κ1) is 19.1. The smallest absolute Gasteiger partial charge is 0.254 e. The summed E-state index contributed by atoms with van der Waals surface area (Å²) >= 11 is 0. The van der Waals surface area contributed by atoms with E-state index < -0.39 is 0 Å². The van der Waals surface area contributed by atoms with Crippen molar-refractivity contribution in [3.05, 3.63) is 48.0 Å². The second-order valence-electron chi connectivity index (χ2n) is 6.69. The van der Waals surface area contributed by atoms with Crippen molar-refractivity contribution < 1.29 is 9.18 Å². The van der Waals surface area contributed by atoms with Crippen molar-refractivity contribution in [1.82, 2.24) is 15.3 Å². The van der Waals surface area contributed by atoms with Gasteiger partial charge in [-0.3, -0.25) is 4.79 Å². The molecule has 144 valence electrons. The normalized spacial score (nSPS) is 14.3. The van der Waals surface area contributed by atoms with Gasteiger partial charge < -0.3 is 15.1 Å². The Kier molecular flexibility index (Phi) is 6.57. The number of carbonyl (C=O) groups is 1. The van der Waals surface area contributed by atoms with Gasteiger partial charge in [0.15, 0.2) is 0 Å². The Balaban J connectivity index is 1.51. The molecule has 0 radical (unpaired) electrons. The summed E-state index contributed by atoms with van der Waals surface area (Å²) < 4.78 is 13.1. The average Bonchev–Trinajstić information content (AvgIpc) is 2.72. The Morgan fingerprint density at radius 2 is 1.67 bits per heavy atom. The Hall–Kier alpha value is -2.70. The molecule has 1 amide bonds. The molecule has 1 aliphatic rings. The highest BCUT2D eigenvalue weighted by molar-refractivity contribution is 5.93. The third-order valence-electron chi connectivity index (χ3n) is 4.72. The highest BCUT2D eigenvalue weighted by atomic mass is 19.1. The van der Waals surface area contributed by atoms with Crippen LogP contribution in [0.15, 0.2) is 36.7 Å². The highest BCUT2D eigenvalue weighted by Crippen LogP contribution is 2.18. The fourth-order valence-electron chi connectivity index (χ4n) is 3.10. The molecule has 3 rings (SSSR count). The number of unbranched alkanes of at least 4 members (excludes halogenated alkanes) is 2. The molecule has 2 aromatic rings. The predicted octanol–water partition coefficient (Wildman–Crippen LogP) is 2.86. The topological polar surface area (TPSA) is 61.4 Å². The van der Waals surface area contributed by atoms with Crippen LogP contribution in [0.2, 0.25) is 0 Å². The van der Waals surface area contributed by atoms with Crippen molar-refractivity contribution in [2.45, 2.75) is 26.2 Å². The maximum Gasteiger partial charge on any atom is 0.254 e. The van der Waals surface area contributed by atoms with E-state index in [0.717, 1.165) is 51.1 Å². The molecule has 1 saturated heterocycles. The van der Waals surface area contributed by atoms with E-state index in [-0.39, 0.29) is 11.7 Å². The second kappa shape index (κ2) is 9.30. The zero-order valence-electron chi connectivity index (χ0n) is 15.7. The van der Waals surface area contributed by atoms with E-state index in [4.69, 9.17) is 0 Å². The van der Waals surface area contributed by atoms with E-state index in [1.807, 2.05) is 0 Å². The Morgan fingerprint density at radius 3 is 2.30 bits per heavy atom. The SMILES string of the molecule is CCCCCNC(=O)c1cnc(N2CCN(c3ccc(F)cc3)CC2)nc1. The van der Waals surface area contributed by atoms with E-state index in [1.54, 1.807) is 24.5 Å². The summed E-state index contributed by atoms with van der Waals surface area (Å²) in [5, 5.41) is 2.89. The van der Waals surface area contributed by atoms with Gasteiger partial charge in [-0.2, -0.15) is 0 Å². The number of piperazine rings is 1.